The average Bonchev–Trinajstić information content (AvgIpc) is 3.21. The lowest BCUT2D eigenvalue weighted by Gasteiger charge is -2.27. The first-order chi connectivity index (χ1) is 15.0. The molecule has 1 fully saturated rings. The maximum absolute atomic E-state index is 13.3. The van der Waals surface area contributed by atoms with Gasteiger partial charge in [-0.3, -0.25) is 14.6 Å². The van der Waals surface area contributed by atoms with Gasteiger partial charge in [0.05, 0.1) is 29.9 Å². The molecular formula is C23H26Cl2FN3O2S. The number of thiazole rings is 1. The zero-order valence-corrected chi connectivity index (χ0v) is 20.2. The fraction of sp³-hybridized carbons (Fsp3) is 0.391. The van der Waals surface area contributed by atoms with Crippen LogP contribution in [-0.4, -0.2) is 55.2 Å². The quantitative estimate of drug-likeness (QED) is 0.454. The monoisotopic (exact) mass is 497 g/mol. The number of anilines is 1. The standard InChI is InChI=1S/C23H25ClFN3O2S.ClH/c1-16-19(24)7-8-20-22(16)26-23(31-20)28(10-2-9-27-11-13-30-14-12-27)21(29)15-17-3-5-18(25)6-4-17;/h3-8H,2,9-15H2,1H3;1H. The SMILES string of the molecule is Cc1c(Cl)ccc2sc(N(CCCN3CCOCC3)C(=O)Cc3ccc(F)cc3)nc12.Cl. The molecule has 2 heterocycles. The minimum absolute atomic E-state index is 0. The van der Waals surface area contributed by atoms with Crippen molar-refractivity contribution < 1.29 is 13.9 Å². The largest absolute Gasteiger partial charge is 0.379 e. The average molecular weight is 498 g/mol. The molecule has 1 saturated heterocycles. The van der Waals surface area contributed by atoms with E-state index in [0.717, 1.165) is 60.6 Å². The van der Waals surface area contributed by atoms with E-state index in [4.69, 9.17) is 21.3 Å². The molecule has 0 aliphatic carbocycles. The van der Waals surface area contributed by atoms with Gasteiger partial charge in [-0.1, -0.05) is 35.1 Å². The number of ether oxygens (including phenoxy) is 1. The molecule has 0 N–H and O–H groups in total. The number of morpholine rings is 1. The summed E-state index contributed by atoms with van der Waals surface area (Å²) in [4.78, 5) is 22.1. The minimum Gasteiger partial charge on any atom is -0.379 e. The van der Waals surface area contributed by atoms with Gasteiger partial charge < -0.3 is 4.74 Å². The molecule has 2 aromatic carbocycles. The van der Waals surface area contributed by atoms with Crippen LogP contribution < -0.4 is 4.90 Å². The van der Waals surface area contributed by atoms with E-state index in [2.05, 4.69) is 4.90 Å². The van der Waals surface area contributed by atoms with Gasteiger partial charge in [0.15, 0.2) is 5.13 Å². The third-order valence-corrected chi connectivity index (χ3v) is 6.95. The maximum atomic E-state index is 13.3. The van der Waals surface area contributed by atoms with Crippen molar-refractivity contribution in [2.75, 3.05) is 44.3 Å². The summed E-state index contributed by atoms with van der Waals surface area (Å²) >= 11 is 7.76. The van der Waals surface area contributed by atoms with Crippen LogP contribution in [0.1, 0.15) is 17.5 Å². The van der Waals surface area contributed by atoms with Crippen LogP contribution in [0.4, 0.5) is 9.52 Å². The fourth-order valence-electron chi connectivity index (χ4n) is 3.68. The predicted molar refractivity (Wildman–Crippen MR) is 131 cm³/mol. The normalized spacial score (nSPS) is 14.3. The van der Waals surface area contributed by atoms with Gasteiger partial charge >= 0.3 is 0 Å². The van der Waals surface area contributed by atoms with Gasteiger partial charge in [-0.25, -0.2) is 9.37 Å². The Balaban J connectivity index is 0.00000289. The van der Waals surface area contributed by atoms with E-state index in [9.17, 15) is 9.18 Å². The first-order valence-electron chi connectivity index (χ1n) is 10.4. The second-order valence-corrected chi connectivity index (χ2v) is 9.09. The lowest BCUT2D eigenvalue weighted by molar-refractivity contribution is -0.118. The van der Waals surface area contributed by atoms with Crippen LogP contribution in [0.25, 0.3) is 10.2 Å². The van der Waals surface area contributed by atoms with E-state index in [0.29, 0.717) is 16.7 Å². The van der Waals surface area contributed by atoms with Crippen LogP contribution in [0.15, 0.2) is 36.4 Å². The summed E-state index contributed by atoms with van der Waals surface area (Å²) in [6.45, 7) is 6.77. The molecule has 172 valence electrons. The molecule has 5 nitrogen and oxygen atoms in total. The number of rotatable bonds is 7. The number of halogens is 3. The van der Waals surface area contributed by atoms with Crippen molar-refractivity contribution in [3.8, 4) is 0 Å². The van der Waals surface area contributed by atoms with Crippen LogP contribution in [0.2, 0.25) is 5.02 Å². The molecule has 0 spiro atoms. The van der Waals surface area contributed by atoms with Crippen molar-refractivity contribution in [1.82, 2.24) is 9.88 Å². The summed E-state index contributed by atoms with van der Waals surface area (Å²) in [5, 5.41) is 1.34. The highest BCUT2D eigenvalue weighted by Crippen LogP contribution is 2.34. The molecule has 4 rings (SSSR count). The van der Waals surface area contributed by atoms with Gasteiger partial charge in [-0.15, -0.1) is 12.4 Å². The highest BCUT2D eigenvalue weighted by Gasteiger charge is 2.21. The molecule has 0 atom stereocenters. The first-order valence-corrected chi connectivity index (χ1v) is 11.6. The first kappa shape index (κ1) is 24.9. The van der Waals surface area contributed by atoms with E-state index < -0.39 is 0 Å². The zero-order chi connectivity index (χ0) is 21.8. The van der Waals surface area contributed by atoms with Gasteiger partial charge in [0.1, 0.15) is 5.82 Å². The molecule has 0 unspecified atom stereocenters. The van der Waals surface area contributed by atoms with Gasteiger partial charge in [-0.05, 0) is 48.7 Å². The molecule has 1 amide bonds. The Labute approximate surface area is 202 Å². The molecule has 0 bridgehead atoms. The lowest BCUT2D eigenvalue weighted by atomic mass is 10.1. The molecule has 1 aliphatic rings. The van der Waals surface area contributed by atoms with Crippen molar-refractivity contribution in [3.05, 3.63) is 58.4 Å². The fourth-order valence-corrected chi connectivity index (χ4v) is 4.90. The minimum atomic E-state index is -0.308. The summed E-state index contributed by atoms with van der Waals surface area (Å²) in [5.74, 6) is -0.353. The van der Waals surface area contributed by atoms with Crippen molar-refractivity contribution >= 4 is 56.6 Å². The van der Waals surface area contributed by atoms with Crippen LogP contribution in [-0.2, 0) is 16.0 Å². The van der Waals surface area contributed by atoms with Gasteiger partial charge in [0, 0.05) is 31.2 Å². The molecular weight excluding hydrogens is 472 g/mol. The number of carbonyl (C=O) groups is 1. The second kappa shape index (κ2) is 11.4. The number of aromatic nitrogens is 1. The van der Waals surface area contributed by atoms with Crippen molar-refractivity contribution in [2.24, 2.45) is 0 Å². The zero-order valence-electron chi connectivity index (χ0n) is 17.9. The molecule has 0 saturated carbocycles. The third kappa shape index (κ3) is 5.97. The molecule has 1 aromatic heterocycles. The van der Waals surface area contributed by atoms with E-state index in [-0.39, 0.29) is 30.6 Å². The number of fused-ring (bicyclic) bond motifs is 1. The van der Waals surface area contributed by atoms with Crippen molar-refractivity contribution in [3.63, 3.8) is 0 Å². The Bertz CT molecular complexity index is 1060. The smallest absolute Gasteiger partial charge is 0.233 e. The topological polar surface area (TPSA) is 45.7 Å². The Hall–Kier alpha value is -1.77. The van der Waals surface area contributed by atoms with E-state index in [1.165, 1.54) is 23.5 Å². The van der Waals surface area contributed by atoms with E-state index in [1.807, 2.05) is 19.1 Å². The number of hydrogen-bond donors (Lipinski definition) is 0. The summed E-state index contributed by atoms with van der Waals surface area (Å²) in [6, 6.07) is 9.89. The van der Waals surface area contributed by atoms with Crippen LogP contribution in [0.5, 0.6) is 0 Å². The number of carbonyl (C=O) groups excluding carboxylic acids is 1. The third-order valence-electron chi connectivity index (χ3n) is 5.50. The summed E-state index contributed by atoms with van der Waals surface area (Å²) in [5.41, 5.74) is 2.53. The van der Waals surface area contributed by atoms with Gasteiger partial charge in [-0.2, -0.15) is 0 Å². The Morgan fingerprint density at radius 1 is 1.22 bits per heavy atom. The molecule has 3 aromatic rings. The Morgan fingerprint density at radius 2 is 1.94 bits per heavy atom. The van der Waals surface area contributed by atoms with Crippen LogP contribution in [0.3, 0.4) is 0 Å². The summed E-state index contributed by atoms with van der Waals surface area (Å²) in [6.07, 6.45) is 1.04. The van der Waals surface area contributed by atoms with Crippen molar-refractivity contribution in [1.29, 1.82) is 0 Å². The maximum Gasteiger partial charge on any atom is 0.233 e. The Morgan fingerprint density at radius 3 is 2.66 bits per heavy atom. The molecule has 9 heteroatoms. The number of nitrogens with zero attached hydrogens (tertiary/aromatic N) is 3. The highest BCUT2D eigenvalue weighted by molar-refractivity contribution is 7.22. The molecule has 1 aliphatic heterocycles. The number of amides is 1. The van der Waals surface area contributed by atoms with E-state index in [1.54, 1.807) is 17.0 Å². The molecule has 32 heavy (non-hydrogen) atoms. The second-order valence-electron chi connectivity index (χ2n) is 7.67. The highest BCUT2D eigenvalue weighted by atomic mass is 35.5. The number of benzene rings is 2. The predicted octanol–water partition coefficient (Wildman–Crippen LogP) is 5.12. The van der Waals surface area contributed by atoms with Crippen molar-refractivity contribution in [2.45, 2.75) is 19.8 Å². The summed E-state index contributed by atoms with van der Waals surface area (Å²) < 4.78 is 19.7. The number of aryl methyl sites for hydroxylation is 1. The van der Waals surface area contributed by atoms with Crippen LogP contribution >= 0.6 is 35.3 Å². The van der Waals surface area contributed by atoms with E-state index >= 15 is 0 Å². The van der Waals surface area contributed by atoms with Gasteiger partial charge in [0.2, 0.25) is 5.91 Å². The Kier molecular flexibility index (Phi) is 8.85. The van der Waals surface area contributed by atoms with Crippen LogP contribution in [0, 0.1) is 12.7 Å². The number of hydrogen-bond acceptors (Lipinski definition) is 5. The summed E-state index contributed by atoms with van der Waals surface area (Å²) in [7, 11) is 0. The van der Waals surface area contributed by atoms with Gasteiger partial charge in [0.25, 0.3) is 0 Å². The molecule has 0 radical (unpaired) electrons. The lowest BCUT2D eigenvalue weighted by Crippen LogP contribution is -2.39.